The molecule has 1 amide bonds. The third-order valence-corrected chi connectivity index (χ3v) is 8.42. The van der Waals surface area contributed by atoms with Crippen molar-refractivity contribution in [3.63, 3.8) is 0 Å². The molecule has 1 aliphatic heterocycles. The van der Waals surface area contributed by atoms with Gasteiger partial charge in [-0.3, -0.25) is 10.1 Å². The molecule has 2 aromatic heterocycles. The molecule has 28 heavy (non-hydrogen) atoms. The second kappa shape index (κ2) is 7.96. The van der Waals surface area contributed by atoms with Crippen LogP contribution in [-0.2, 0) is 29.9 Å². The summed E-state index contributed by atoms with van der Waals surface area (Å²) in [6.07, 6.45) is 10.0. The van der Waals surface area contributed by atoms with Gasteiger partial charge < -0.3 is 4.57 Å². The third-order valence-electron chi connectivity index (χ3n) is 5.48. The minimum Gasteiger partial charge on any atom is -0.345 e. The molecule has 0 bridgehead atoms. The topological polar surface area (TPSA) is 84.3 Å². The van der Waals surface area contributed by atoms with Crippen molar-refractivity contribution in [1.82, 2.24) is 13.9 Å². The first-order valence-corrected chi connectivity index (χ1v) is 12.2. The van der Waals surface area contributed by atoms with Crippen molar-refractivity contribution in [2.45, 2.75) is 56.3 Å². The van der Waals surface area contributed by atoms with Gasteiger partial charge in [0.2, 0.25) is 10.0 Å². The van der Waals surface area contributed by atoms with Crippen LogP contribution < -0.4 is 5.32 Å². The summed E-state index contributed by atoms with van der Waals surface area (Å²) < 4.78 is 28.6. The van der Waals surface area contributed by atoms with Crippen LogP contribution in [0.1, 0.15) is 59.6 Å². The van der Waals surface area contributed by atoms with Gasteiger partial charge in [-0.1, -0.05) is 12.8 Å². The van der Waals surface area contributed by atoms with Crippen LogP contribution in [0.3, 0.4) is 0 Å². The Hall–Kier alpha value is -1.71. The predicted octanol–water partition coefficient (Wildman–Crippen LogP) is 3.18. The fourth-order valence-corrected chi connectivity index (χ4v) is 6.53. The highest BCUT2D eigenvalue weighted by Gasteiger charge is 2.29. The van der Waals surface area contributed by atoms with Crippen LogP contribution in [0.15, 0.2) is 17.2 Å². The van der Waals surface area contributed by atoms with E-state index in [0.717, 1.165) is 44.2 Å². The van der Waals surface area contributed by atoms with Gasteiger partial charge in [0.15, 0.2) is 5.13 Å². The van der Waals surface area contributed by atoms with Crippen LogP contribution in [0.5, 0.6) is 0 Å². The number of rotatable bonds is 4. The zero-order valence-corrected chi connectivity index (χ0v) is 17.7. The molecular formula is C19H26N4O3S2. The Labute approximate surface area is 169 Å². The monoisotopic (exact) mass is 422 g/mol. The van der Waals surface area contributed by atoms with Crippen LogP contribution in [0, 0.1) is 0 Å². The molecule has 1 saturated heterocycles. The second-order valence-corrected chi connectivity index (χ2v) is 10.6. The number of carbonyl (C=O) groups is 1. The van der Waals surface area contributed by atoms with Crippen molar-refractivity contribution in [3.05, 3.63) is 28.5 Å². The maximum Gasteiger partial charge on any atom is 0.274 e. The Morgan fingerprint density at radius 2 is 1.82 bits per heavy atom. The number of nitrogens with zero attached hydrogens (tertiary/aromatic N) is 3. The van der Waals surface area contributed by atoms with Crippen LogP contribution in [0.2, 0.25) is 0 Å². The van der Waals surface area contributed by atoms with Crippen molar-refractivity contribution in [3.8, 4) is 0 Å². The molecule has 9 heteroatoms. The lowest BCUT2D eigenvalue weighted by molar-refractivity contribution is 0.101. The maximum absolute atomic E-state index is 12.8. The standard InChI is InChI=1S/C19H26N4O3S2/c1-22-13-14(28(25,26)23-10-6-7-11-23)12-16(22)18(24)21-19-20-15-8-4-2-3-5-9-17(15)27-19/h12-13H,2-11H2,1H3,(H,20,21,24). The van der Waals surface area contributed by atoms with Crippen molar-refractivity contribution < 1.29 is 13.2 Å². The van der Waals surface area contributed by atoms with E-state index >= 15 is 0 Å². The van der Waals surface area contributed by atoms with Crippen molar-refractivity contribution >= 4 is 32.4 Å². The number of thiazole rings is 1. The molecule has 0 unspecified atom stereocenters. The Bertz CT molecular complexity index is 946. The third kappa shape index (κ3) is 3.88. The summed E-state index contributed by atoms with van der Waals surface area (Å²) >= 11 is 1.54. The van der Waals surface area contributed by atoms with Gasteiger partial charge in [-0.05, 0) is 44.6 Å². The number of aryl methyl sites for hydroxylation is 3. The molecule has 1 fully saturated rings. The number of anilines is 1. The van der Waals surface area contributed by atoms with Gasteiger partial charge in [-0.25, -0.2) is 13.4 Å². The number of nitrogens with one attached hydrogen (secondary N) is 1. The van der Waals surface area contributed by atoms with E-state index in [0.29, 0.717) is 23.9 Å². The molecule has 1 N–H and O–H groups in total. The minimum atomic E-state index is -3.54. The zero-order valence-electron chi connectivity index (χ0n) is 16.1. The maximum atomic E-state index is 12.8. The lowest BCUT2D eigenvalue weighted by Gasteiger charge is -2.13. The van der Waals surface area contributed by atoms with E-state index in [1.165, 1.54) is 34.3 Å². The molecule has 2 aliphatic rings. The SMILES string of the molecule is Cn1cc(S(=O)(=O)N2CCCC2)cc1C(=O)Nc1nc2c(s1)CCCCCC2. The minimum absolute atomic E-state index is 0.174. The number of fused-ring (bicyclic) bond motifs is 1. The summed E-state index contributed by atoms with van der Waals surface area (Å²) in [4.78, 5) is 18.8. The van der Waals surface area contributed by atoms with E-state index in [-0.39, 0.29) is 10.8 Å². The summed E-state index contributed by atoms with van der Waals surface area (Å²) in [5, 5.41) is 3.47. The molecule has 152 valence electrons. The first-order valence-electron chi connectivity index (χ1n) is 9.91. The van der Waals surface area contributed by atoms with Gasteiger partial charge in [0.05, 0.1) is 5.69 Å². The normalized spacial score (nSPS) is 18.5. The fourth-order valence-electron chi connectivity index (χ4n) is 3.90. The first-order chi connectivity index (χ1) is 13.4. The Kier molecular flexibility index (Phi) is 5.57. The average Bonchev–Trinajstić information content (AvgIpc) is 3.36. The van der Waals surface area contributed by atoms with Gasteiger partial charge in [0, 0.05) is 31.2 Å². The van der Waals surface area contributed by atoms with E-state index in [2.05, 4.69) is 10.3 Å². The van der Waals surface area contributed by atoms with Crippen molar-refractivity contribution in [1.29, 1.82) is 0 Å². The summed E-state index contributed by atoms with van der Waals surface area (Å²) in [7, 11) is -1.84. The number of aromatic nitrogens is 2. The van der Waals surface area contributed by atoms with E-state index in [1.54, 1.807) is 23.0 Å². The molecule has 7 nitrogen and oxygen atoms in total. The zero-order chi connectivity index (χ0) is 19.7. The smallest absolute Gasteiger partial charge is 0.274 e. The van der Waals surface area contributed by atoms with Gasteiger partial charge >= 0.3 is 0 Å². The quantitative estimate of drug-likeness (QED) is 0.820. The molecule has 4 rings (SSSR count). The fraction of sp³-hybridized carbons (Fsp3) is 0.579. The lowest BCUT2D eigenvalue weighted by Crippen LogP contribution is -2.27. The van der Waals surface area contributed by atoms with E-state index in [1.807, 2.05) is 0 Å². The van der Waals surface area contributed by atoms with E-state index in [4.69, 9.17) is 0 Å². The van der Waals surface area contributed by atoms with Gasteiger partial charge in [0.1, 0.15) is 10.6 Å². The highest BCUT2D eigenvalue weighted by atomic mass is 32.2. The van der Waals surface area contributed by atoms with Gasteiger partial charge in [0.25, 0.3) is 5.91 Å². The molecule has 1 aliphatic carbocycles. The van der Waals surface area contributed by atoms with Crippen LogP contribution in [-0.4, -0.2) is 41.3 Å². The summed E-state index contributed by atoms with van der Waals surface area (Å²) in [6, 6.07) is 1.46. The number of hydrogen-bond acceptors (Lipinski definition) is 5. The number of hydrogen-bond donors (Lipinski definition) is 1. The Balaban J connectivity index is 1.53. The second-order valence-electron chi connectivity index (χ2n) is 7.54. The molecule has 2 aromatic rings. The molecule has 3 heterocycles. The highest BCUT2D eigenvalue weighted by molar-refractivity contribution is 7.89. The number of carbonyl (C=O) groups excluding carboxylic acids is 1. The predicted molar refractivity (Wildman–Crippen MR) is 109 cm³/mol. The lowest BCUT2D eigenvalue weighted by atomic mass is 10.0. The van der Waals surface area contributed by atoms with Gasteiger partial charge in [-0.2, -0.15) is 4.31 Å². The van der Waals surface area contributed by atoms with Crippen molar-refractivity contribution in [2.75, 3.05) is 18.4 Å². The van der Waals surface area contributed by atoms with E-state index in [9.17, 15) is 13.2 Å². The van der Waals surface area contributed by atoms with Crippen LogP contribution in [0.4, 0.5) is 5.13 Å². The molecule has 0 aromatic carbocycles. The highest BCUT2D eigenvalue weighted by Crippen LogP contribution is 2.29. The van der Waals surface area contributed by atoms with Gasteiger partial charge in [-0.15, -0.1) is 11.3 Å². The Morgan fingerprint density at radius 3 is 2.57 bits per heavy atom. The van der Waals surface area contributed by atoms with Crippen LogP contribution >= 0.6 is 11.3 Å². The molecule has 0 radical (unpaired) electrons. The average molecular weight is 423 g/mol. The summed E-state index contributed by atoms with van der Waals surface area (Å²) in [6.45, 7) is 1.09. The number of amides is 1. The summed E-state index contributed by atoms with van der Waals surface area (Å²) in [5.74, 6) is -0.327. The van der Waals surface area contributed by atoms with E-state index < -0.39 is 10.0 Å². The van der Waals surface area contributed by atoms with Crippen molar-refractivity contribution in [2.24, 2.45) is 7.05 Å². The molecular weight excluding hydrogens is 396 g/mol. The molecule has 0 saturated carbocycles. The first kappa shape index (κ1) is 19.6. The largest absolute Gasteiger partial charge is 0.345 e. The molecule has 0 atom stereocenters. The van der Waals surface area contributed by atoms with Crippen LogP contribution in [0.25, 0.3) is 0 Å². The molecule has 0 spiro atoms. The summed E-state index contributed by atoms with van der Waals surface area (Å²) in [5.41, 5.74) is 1.42. The number of sulfonamides is 1. The Morgan fingerprint density at radius 1 is 1.11 bits per heavy atom.